The first kappa shape index (κ1) is 34.9. The van der Waals surface area contributed by atoms with Crippen molar-refractivity contribution in [1.29, 1.82) is 0 Å². The topological polar surface area (TPSA) is 154 Å². The molecule has 1 unspecified atom stereocenters. The van der Waals surface area contributed by atoms with Gasteiger partial charge >= 0.3 is 7.60 Å². The molecule has 41 heavy (non-hydrogen) atoms. The summed E-state index contributed by atoms with van der Waals surface area (Å²) in [6.45, 7) is 4.49. The van der Waals surface area contributed by atoms with Crippen LogP contribution in [0.1, 0.15) is 104 Å². The number of unbranched alkanes of at least 4 members (excludes halogenated alkanes) is 11. The van der Waals surface area contributed by atoms with Crippen LogP contribution in [0.2, 0.25) is 0 Å². The first-order valence-corrected chi connectivity index (χ1v) is 17.0. The molecule has 2 heterocycles. The maximum atomic E-state index is 12.3. The highest BCUT2D eigenvalue weighted by Crippen LogP contribution is 2.41. The van der Waals surface area contributed by atoms with E-state index >= 15 is 0 Å². The van der Waals surface area contributed by atoms with E-state index in [4.69, 9.17) is 15.0 Å². The van der Waals surface area contributed by atoms with Gasteiger partial charge < -0.3 is 29.8 Å². The number of carbonyl (C=O) groups excluding carboxylic acids is 1. The van der Waals surface area contributed by atoms with E-state index in [0.29, 0.717) is 24.1 Å². The maximum absolute atomic E-state index is 12.3. The van der Waals surface area contributed by atoms with Gasteiger partial charge in [-0.25, -0.2) is 15.0 Å². The molecule has 2 atom stereocenters. The van der Waals surface area contributed by atoms with Crippen molar-refractivity contribution in [3.63, 3.8) is 0 Å². The molecule has 0 saturated heterocycles. The van der Waals surface area contributed by atoms with Crippen molar-refractivity contribution < 1.29 is 23.5 Å². The van der Waals surface area contributed by atoms with Crippen LogP contribution in [0.25, 0.3) is 11.2 Å². The number of fused-ring (bicyclic) bond motifs is 1. The monoisotopic (exact) mass is 594 g/mol. The maximum Gasteiger partial charge on any atom is 0.353 e. The summed E-state index contributed by atoms with van der Waals surface area (Å²) in [4.78, 5) is 34.3. The first-order valence-electron chi connectivity index (χ1n) is 15.2. The molecule has 4 N–H and O–H groups in total. The lowest BCUT2D eigenvalue weighted by molar-refractivity contribution is -0.121. The van der Waals surface area contributed by atoms with Crippen LogP contribution in [0.5, 0.6) is 0 Å². The summed E-state index contributed by atoms with van der Waals surface area (Å²) in [7, 11) is -3.95. The van der Waals surface area contributed by atoms with Gasteiger partial charge in [-0.15, -0.1) is 0 Å². The number of rotatable bonds is 24. The SMILES string of the molecule is CCCCCCCC/C=C\CCCCCCCC(=O)NCCOP(=O)(O)CO[C@H](C)Cn1cnc2c(N)ncnc21. The minimum atomic E-state index is -3.95. The zero-order chi connectivity index (χ0) is 29.8. The standard InChI is InChI=1S/C29H51N6O5P/c1-3-4-5-6-7-8-9-10-11-12-13-14-15-16-17-18-26(36)31-19-20-40-41(37,38)24-39-25(2)21-35-23-34-27-28(30)32-22-33-29(27)35/h10-11,22-23,25H,3-9,12-21,24H2,1-2H3,(H,31,36)(H,37,38)(H2,30,32,33)/b11-10-/t25-/m1/s1. The van der Waals surface area contributed by atoms with E-state index in [1.807, 2.05) is 0 Å². The molecule has 1 amide bonds. The van der Waals surface area contributed by atoms with Gasteiger partial charge in [-0.2, -0.15) is 0 Å². The Kier molecular flexibility index (Phi) is 17.5. The van der Waals surface area contributed by atoms with Crippen molar-refractivity contribution in [2.24, 2.45) is 0 Å². The minimum Gasteiger partial charge on any atom is -0.382 e. The summed E-state index contributed by atoms with van der Waals surface area (Å²) in [5.41, 5.74) is 6.86. The lowest BCUT2D eigenvalue weighted by Crippen LogP contribution is -2.27. The summed E-state index contributed by atoms with van der Waals surface area (Å²) in [5, 5.41) is 2.74. The summed E-state index contributed by atoms with van der Waals surface area (Å²) < 4.78 is 24.6. The molecule has 0 spiro atoms. The van der Waals surface area contributed by atoms with E-state index in [0.717, 1.165) is 25.7 Å². The second-order valence-corrected chi connectivity index (χ2v) is 12.4. The Morgan fingerprint density at radius 1 is 1.05 bits per heavy atom. The minimum absolute atomic E-state index is 0.0635. The van der Waals surface area contributed by atoms with Gasteiger partial charge in [0, 0.05) is 13.0 Å². The fraction of sp³-hybridized carbons (Fsp3) is 0.724. The number of allylic oxidation sites excluding steroid dienone is 2. The van der Waals surface area contributed by atoms with Gasteiger partial charge in [-0.05, 0) is 39.0 Å². The molecule has 2 rings (SSSR count). The number of aromatic nitrogens is 4. The summed E-state index contributed by atoms with van der Waals surface area (Å²) in [5.74, 6) is 0.219. The highest BCUT2D eigenvalue weighted by Gasteiger charge is 2.22. The predicted molar refractivity (Wildman–Crippen MR) is 163 cm³/mol. The molecule has 0 aliphatic heterocycles. The third kappa shape index (κ3) is 15.5. The average molecular weight is 595 g/mol. The lowest BCUT2D eigenvalue weighted by atomic mass is 10.1. The Balaban J connectivity index is 1.43. The third-order valence-electron chi connectivity index (χ3n) is 6.79. The zero-order valence-electron chi connectivity index (χ0n) is 25.0. The molecule has 0 fully saturated rings. The van der Waals surface area contributed by atoms with Crippen LogP contribution in [0.3, 0.4) is 0 Å². The predicted octanol–water partition coefficient (Wildman–Crippen LogP) is 6.13. The molecule has 0 aliphatic carbocycles. The molecular weight excluding hydrogens is 543 g/mol. The smallest absolute Gasteiger partial charge is 0.353 e. The molecule has 2 aromatic rings. The first-order chi connectivity index (χ1) is 19.8. The van der Waals surface area contributed by atoms with E-state index in [1.54, 1.807) is 17.8 Å². The average Bonchev–Trinajstić information content (AvgIpc) is 3.36. The fourth-order valence-electron chi connectivity index (χ4n) is 4.44. The molecular formula is C29H51N6O5P. The Bertz CT molecular complexity index is 1080. The van der Waals surface area contributed by atoms with Gasteiger partial charge in [0.1, 0.15) is 18.2 Å². The van der Waals surface area contributed by atoms with E-state index < -0.39 is 20.0 Å². The van der Waals surface area contributed by atoms with Crippen molar-refractivity contribution >= 4 is 30.5 Å². The number of nitrogens with one attached hydrogen (secondary N) is 1. The number of carbonyl (C=O) groups is 1. The molecule has 0 aromatic carbocycles. The van der Waals surface area contributed by atoms with Crippen LogP contribution in [0.4, 0.5) is 5.82 Å². The van der Waals surface area contributed by atoms with Gasteiger partial charge in [0.2, 0.25) is 5.91 Å². The quantitative estimate of drug-likeness (QED) is 0.0740. The van der Waals surface area contributed by atoms with Crippen molar-refractivity contribution in [2.45, 2.75) is 116 Å². The van der Waals surface area contributed by atoms with Crippen molar-refractivity contribution in [2.75, 3.05) is 25.2 Å². The largest absolute Gasteiger partial charge is 0.382 e. The van der Waals surface area contributed by atoms with Gasteiger partial charge in [-0.3, -0.25) is 9.36 Å². The number of hydrogen-bond acceptors (Lipinski definition) is 8. The Labute approximate surface area is 245 Å². The van der Waals surface area contributed by atoms with Gasteiger partial charge in [0.15, 0.2) is 11.5 Å². The number of amides is 1. The molecule has 232 valence electrons. The fourth-order valence-corrected chi connectivity index (χ4v) is 5.34. The van der Waals surface area contributed by atoms with E-state index in [9.17, 15) is 14.3 Å². The number of nitrogen functional groups attached to an aromatic ring is 1. The number of imidazole rings is 1. The highest BCUT2D eigenvalue weighted by atomic mass is 31.2. The number of nitrogens with two attached hydrogens (primary N) is 1. The van der Waals surface area contributed by atoms with Crippen molar-refractivity contribution in [3.05, 3.63) is 24.8 Å². The van der Waals surface area contributed by atoms with Crippen LogP contribution in [0.15, 0.2) is 24.8 Å². The normalized spacial score (nSPS) is 14.0. The molecule has 0 saturated carbocycles. The van der Waals surface area contributed by atoms with Crippen LogP contribution in [0, 0.1) is 0 Å². The Morgan fingerprint density at radius 3 is 2.41 bits per heavy atom. The molecule has 0 bridgehead atoms. The van der Waals surface area contributed by atoms with Crippen LogP contribution < -0.4 is 11.1 Å². The number of anilines is 1. The summed E-state index contributed by atoms with van der Waals surface area (Å²) >= 11 is 0. The molecule has 12 heteroatoms. The van der Waals surface area contributed by atoms with E-state index in [2.05, 4.69) is 39.3 Å². The van der Waals surface area contributed by atoms with E-state index in [1.165, 1.54) is 64.1 Å². The van der Waals surface area contributed by atoms with Gasteiger partial charge in [0.25, 0.3) is 0 Å². The summed E-state index contributed by atoms with van der Waals surface area (Å²) in [6, 6.07) is 0. The molecule has 0 radical (unpaired) electrons. The van der Waals surface area contributed by atoms with E-state index in [-0.39, 0.29) is 24.9 Å². The van der Waals surface area contributed by atoms with Crippen LogP contribution in [-0.2, 0) is 25.2 Å². The second kappa shape index (κ2) is 20.5. The molecule has 2 aromatic heterocycles. The lowest BCUT2D eigenvalue weighted by Gasteiger charge is -2.17. The zero-order valence-corrected chi connectivity index (χ0v) is 25.9. The Morgan fingerprint density at radius 2 is 1.71 bits per heavy atom. The van der Waals surface area contributed by atoms with Crippen molar-refractivity contribution in [1.82, 2.24) is 24.8 Å². The van der Waals surface area contributed by atoms with Gasteiger partial charge in [0.05, 0.1) is 25.6 Å². The highest BCUT2D eigenvalue weighted by molar-refractivity contribution is 7.52. The van der Waals surface area contributed by atoms with Crippen LogP contribution >= 0.6 is 7.60 Å². The molecule has 0 aliphatic rings. The summed E-state index contributed by atoms with van der Waals surface area (Å²) in [6.07, 6.45) is 23.0. The third-order valence-corrected chi connectivity index (χ3v) is 7.85. The number of ether oxygens (including phenoxy) is 1. The Hall–Kier alpha value is -2.33. The number of nitrogens with zero attached hydrogens (tertiary/aromatic N) is 4. The van der Waals surface area contributed by atoms with Crippen LogP contribution in [-0.4, -0.2) is 55.9 Å². The second-order valence-electron chi connectivity index (χ2n) is 10.6. The van der Waals surface area contributed by atoms with Crippen molar-refractivity contribution in [3.8, 4) is 0 Å². The number of hydrogen-bond donors (Lipinski definition) is 3. The molecule has 11 nitrogen and oxygen atoms in total. The van der Waals surface area contributed by atoms with Gasteiger partial charge in [-0.1, -0.05) is 70.4 Å².